The lowest BCUT2D eigenvalue weighted by atomic mass is 10.0. The largest absolute Gasteiger partial charge is 0.493 e. The molecule has 0 spiro atoms. The molecular weight excluding hydrogens is 765 g/mol. The Hall–Kier alpha value is -6.38. The van der Waals surface area contributed by atoms with E-state index in [1.165, 1.54) is 57.4 Å². The van der Waals surface area contributed by atoms with E-state index in [0.29, 0.717) is 68.8 Å². The van der Waals surface area contributed by atoms with E-state index in [4.69, 9.17) is 14.2 Å². The molecule has 1 unspecified atom stereocenters. The smallest absolute Gasteiger partial charge is 0.341 e. The number of anilines is 2. The molecule has 1 aliphatic rings. The van der Waals surface area contributed by atoms with E-state index in [9.17, 15) is 24.0 Å². The van der Waals surface area contributed by atoms with Crippen molar-refractivity contribution < 1.29 is 38.2 Å². The zero-order chi connectivity index (χ0) is 40.5. The number of rotatable bonds is 13. The SMILES string of the molecule is COC(=O)c1c(NC(=O)C(Sc2cccc(NC(=O)/C(=C\c3cccc(OC)c3OC)NC(=O)c3ccccc3)c2)c2ccccc2)sc2c1CCN(C(C)=O)C2. The van der Waals surface area contributed by atoms with Crippen LogP contribution in [0.1, 0.15) is 54.5 Å². The van der Waals surface area contributed by atoms with Crippen LogP contribution < -0.4 is 25.4 Å². The number of esters is 1. The highest BCUT2D eigenvalue weighted by atomic mass is 32.2. The molecule has 12 nitrogen and oxygen atoms in total. The maximum Gasteiger partial charge on any atom is 0.341 e. The number of para-hydroxylation sites is 1. The van der Waals surface area contributed by atoms with Gasteiger partial charge in [-0.3, -0.25) is 19.2 Å². The number of methoxy groups -OCH3 is 3. The van der Waals surface area contributed by atoms with Gasteiger partial charge < -0.3 is 35.1 Å². The first-order valence-electron chi connectivity index (χ1n) is 17.8. The van der Waals surface area contributed by atoms with Gasteiger partial charge in [0.15, 0.2) is 11.5 Å². The van der Waals surface area contributed by atoms with E-state index in [-0.39, 0.29) is 17.5 Å². The summed E-state index contributed by atoms with van der Waals surface area (Å²) in [6, 6.07) is 29.9. The molecule has 57 heavy (non-hydrogen) atoms. The number of carbonyl (C=O) groups is 5. The van der Waals surface area contributed by atoms with Crippen molar-refractivity contribution in [2.75, 3.05) is 38.5 Å². The molecule has 14 heteroatoms. The highest BCUT2D eigenvalue weighted by Crippen LogP contribution is 2.41. The number of nitrogens with one attached hydrogen (secondary N) is 3. The lowest BCUT2D eigenvalue weighted by molar-refractivity contribution is -0.129. The molecule has 1 atom stereocenters. The van der Waals surface area contributed by atoms with E-state index in [1.807, 2.05) is 36.4 Å². The quantitative estimate of drug-likeness (QED) is 0.0631. The Morgan fingerprint density at radius 2 is 1.56 bits per heavy atom. The highest BCUT2D eigenvalue weighted by Gasteiger charge is 2.32. The minimum atomic E-state index is -0.781. The Morgan fingerprint density at radius 3 is 2.25 bits per heavy atom. The van der Waals surface area contributed by atoms with Crippen molar-refractivity contribution in [3.63, 3.8) is 0 Å². The number of carbonyl (C=O) groups excluding carboxylic acids is 5. The summed E-state index contributed by atoms with van der Waals surface area (Å²) in [5.41, 5.74) is 2.98. The summed E-state index contributed by atoms with van der Waals surface area (Å²) in [5.74, 6) is -1.29. The van der Waals surface area contributed by atoms with Crippen molar-refractivity contribution >= 4 is 69.5 Å². The normalized spacial score (nSPS) is 12.8. The second kappa shape index (κ2) is 18.5. The second-order valence-corrected chi connectivity index (χ2v) is 15.0. The number of hydrogen-bond acceptors (Lipinski definition) is 10. The van der Waals surface area contributed by atoms with Gasteiger partial charge in [0.2, 0.25) is 11.8 Å². The summed E-state index contributed by atoms with van der Waals surface area (Å²) < 4.78 is 16.1. The third-order valence-corrected chi connectivity index (χ3v) is 11.5. The Labute approximate surface area is 338 Å². The van der Waals surface area contributed by atoms with Crippen molar-refractivity contribution in [3.05, 3.63) is 142 Å². The first kappa shape index (κ1) is 40.3. The molecule has 0 fully saturated rings. The number of amides is 4. The molecular formula is C43H40N4O8S2. The van der Waals surface area contributed by atoms with Crippen molar-refractivity contribution in [2.24, 2.45) is 0 Å². The van der Waals surface area contributed by atoms with Gasteiger partial charge in [0, 0.05) is 40.1 Å². The van der Waals surface area contributed by atoms with Gasteiger partial charge in [-0.25, -0.2) is 4.79 Å². The van der Waals surface area contributed by atoms with E-state index < -0.39 is 23.0 Å². The number of thiophene rings is 1. The lowest BCUT2D eigenvalue weighted by Gasteiger charge is -2.25. The zero-order valence-electron chi connectivity index (χ0n) is 31.6. The molecule has 292 valence electrons. The first-order chi connectivity index (χ1) is 27.6. The van der Waals surface area contributed by atoms with Gasteiger partial charge >= 0.3 is 5.97 Å². The first-order valence-corrected chi connectivity index (χ1v) is 19.5. The molecule has 4 amide bonds. The van der Waals surface area contributed by atoms with Crippen molar-refractivity contribution in [2.45, 2.75) is 30.0 Å². The summed E-state index contributed by atoms with van der Waals surface area (Å²) in [4.78, 5) is 69.8. The maximum atomic E-state index is 14.2. The van der Waals surface area contributed by atoms with Crippen LogP contribution in [-0.2, 0) is 32.1 Å². The third kappa shape index (κ3) is 9.54. The minimum Gasteiger partial charge on any atom is -0.493 e. The predicted molar refractivity (Wildman–Crippen MR) is 221 cm³/mol. The lowest BCUT2D eigenvalue weighted by Crippen LogP contribution is -2.33. The standard InChI is InChI=1S/C43H40N4O8S2/c1-26(48)47-22-21-32-35(25-47)57-42(36(32)43(52)55-4)46-41(51)38(27-13-7-5-8-14-27)56-31-19-12-18-30(24-31)44-40(50)33(45-39(49)28-15-9-6-10-16-28)23-29-17-11-20-34(53-2)37(29)54-3/h5-20,23-24,38H,21-22,25H2,1-4H3,(H,44,50)(H,45,49)(H,46,51)/b33-23+. The van der Waals surface area contributed by atoms with Gasteiger partial charge in [0.1, 0.15) is 15.9 Å². The van der Waals surface area contributed by atoms with Crippen LogP contribution in [0, 0.1) is 0 Å². The van der Waals surface area contributed by atoms with Crippen LogP contribution in [0.4, 0.5) is 10.7 Å². The monoisotopic (exact) mass is 804 g/mol. The summed E-state index contributed by atoms with van der Waals surface area (Å²) in [6.07, 6.45) is 1.97. The topological polar surface area (TPSA) is 152 Å². The van der Waals surface area contributed by atoms with Gasteiger partial charge in [-0.2, -0.15) is 0 Å². The molecule has 0 bridgehead atoms. The van der Waals surface area contributed by atoms with Crippen molar-refractivity contribution in [3.8, 4) is 11.5 Å². The van der Waals surface area contributed by atoms with Crippen LogP contribution in [0.25, 0.3) is 6.08 Å². The second-order valence-electron chi connectivity index (χ2n) is 12.7. The Kier molecular flexibility index (Phi) is 13.1. The molecule has 1 aliphatic heterocycles. The summed E-state index contributed by atoms with van der Waals surface area (Å²) in [5, 5.41) is 8.20. The van der Waals surface area contributed by atoms with Crippen LogP contribution in [0.3, 0.4) is 0 Å². The Balaban J connectivity index is 1.28. The molecule has 0 aliphatic carbocycles. The average Bonchev–Trinajstić information content (AvgIpc) is 3.59. The van der Waals surface area contributed by atoms with E-state index >= 15 is 0 Å². The molecule has 0 saturated heterocycles. The molecule has 1 aromatic heterocycles. The van der Waals surface area contributed by atoms with E-state index in [1.54, 1.807) is 71.6 Å². The minimum absolute atomic E-state index is 0.0542. The summed E-state index contributed by atoms with van der Waals surface area (Å²) in [6.45, 7) is 2.30. The average molecular weight is 805 g/mol. The fourth-order valence-electron chi connectivity index (χ4n) is 6.26. The number of thioether (sulfide) groups is 1. The maximum absolute atomic E-state index is 14.2. The molecule has 0 saturated carbocycles. The number of hydrogen-bond donors (Lipinski definition) is 3. The summed E-state index contributed by atoms with van der Waals surface area (Å²) in [7, 11) is 4.28. The number of benzene rings is 4. The van der Waals surface area contributed by atoms with Gasteiger partial charge in [-0.05, 0) is 60.0 Å². The van der Waals surface area contributed by atoms with Crippen LogP contribution >= 0.6 is 23.1 Å². The Morgan fingerprint density at radius 1 is 0.842 bits per heavy atom. The van der Waals surface area contributed by atoms with E-state index in [0.717, 1.165) is 10.4 Å². The van der Waals surface area contributed by atoms with Crippen LogP contribution in [-0.4, -0.2) is 62.4 Å². The molecule has 0 radical (unpaired) electrons. The zero-order valence-corrected chi connectivity index (χ0v) is 33.3. The number of nitrogens with zero attached hydrogens (tertiary/aromatic N) is 1. The third-order valence-electron chi connectivity index (χ3n) is 9.08. The van der Waals surface area contributed by atoms with Crippen LogP contribution in [0.2, 0.25) is 0 Å². The molecule has 6 rings (SSSR count). The number of ether oxygens (including phenoxy) is 3. The van der Waals surface area contributed by atoms with Gasteiger partial charge in [-0.1, -0.05) is 66.7 Å². The van der Waals surface area contributed by atoms with Crippen molar-refractivity contribution in [1.29, 1.82) is 0 Å². The fraction of sp³-hybridized carbons (Fsp3) is 0.186. The van der Waals surface area contributed by atoms with Gasteiger partial charge in [0.05, 0.1) is 33.4 Å². The Bertz CT molecular complexity index is 2330. The molecule has 4 aromatic carbocycles. The fourth-order valence-corrected chi connectivity index (χ4v) is 8.60. The molecule has 3 N–H and O–H groups in total. The predicted octanol–water partition coefficient (Wildman–Crippen LogP) is 7.34. The molecule has 5 aromatic rings. The van der Waals surface area contributed by atoms with Crippen molar-refractivity contribution in [1.82, 2.24) is 10.2 Å². The van der Waals surface area contributed by atoms with Gasteiger partial charge in [0.25, 0.3) is 11.8 Å². The molecule has 2 heterocycles. The van der Waals surface area contributed by atoms with Crippen LogP contribution in [0.5, 0.6) is 11.5 Å². The highest BCUT2D eigenvalue weighted by molar-refractivity contribution is 8.00. The van der Waals surface area contributed by atoms with E-state index in [2.05, 4.69) is 16.0 Å². The summed E-state index contributed by atoms with van der Waals surface area (Å²) >= 11 is 2.51. The van der Waals surface area contributed by atoms with Gasteiger partial charge in [-0.15, -0.1) is 23.1 Å². The van der Waals surface area contributed by atoms with Crippen LogP contribution in [0.15, 0.2) is 114 Å². The number of fused-ring (bicyclic) bond motifs is 1.